The molecule has 0 aromatic heterocycles. The van der Waals surface area contributed by atoms with Crippen molar-refractivity contribution < 1.29 is 31.9 Å². The van der Waals surface area contributed by atoms with Crippen LogP contribution >= 0.6 is 0 Å². The molecular formula is C22H21F4N3O3. The Hall–Kier alpha value is -3.43. The fraction of sp³-hybridized carbons (Fsp3) is 0.318. The third kappa shape index (κ3) is 5.24. The Bertz CT molecular complexity index is 1010. The fourth-order valence-electron chi connectivity index (χ4n) is 3.49. The first-order chi connectivity index (χ1) is 15.1. The predicted molar refractivity (Wildman–Crippen MR) is 108 cm³/mol. The summed E-state index contributed by atoms with van der Waals surface area (Å²) in [4.78, 5) is 38.3. The van der Waals surface area contributed by atoms with Crippen LogP contribution in [0.2, 0.25) is 0 Å². The molecule has 32 heavy (non-hydrogen) atoms. The number of nitrogens with one attached hydrogen (secondary N) is 2. The maximum atomic E-state index is 13.8. The highest BCUT2D eigenvalue weighted by molar-refractivity contribution is 5.98. The lowest BCUT2D eigenvalue weighted by molar-refractivity contribution is -0.137. The summed E-state index contributed by atoms with van der Waals surface area (Å²) in [6.07, 6.45) is -3.75. The molecule has 1 heterocycles. The molecule has 3 amide bonds. The van der Waals surface area contributed by atoms with E-state index in [-0.39, 0.29) is 35.8 Å². The Morgan fingerprint density at radius 2 is 1.62 bits per heavy atom. The quantitative estimate of drug-likeness (QED) is 0.696. The van der Waals surface area contributed by atoms with Crippen LogP contribution in [0.3, 0.4) is 0 Å². The van der Waals surface area contributed by atoms with Gasteiger partial charge in [-0.25, -0.2) is 4.39 Å². The van der Waals surface area contributed by atoms with Crippen molar-refractivity contribution in [2.45, 2.75) is 19.0 Å². The number of hydrogen-bond donors (Lipinski definition) is 2. The number of rotatable bonds is 4. The number of hydrogen-bond acceptors (Lipinski definition) is 3. The second-order valence-corrected chi connectivity index (χ2v) is 7.40. The lowest BCUT2D eigenvalue weighted by Gasteiger charge is -2.31. The van der Waals surface area contributed by atoms with Gasteiger partial charge in [0.25, 0.3) is 11.8 Å². The number of piperidine rings is 1. The average Bonchev–Trinajstić information content (AvgIpc) is 2.79. The number of likely N-dealkylation sites (tertiary alicyclic amines) is 1. The van der Waals surface area contributed by atoms with Crippen molar-refractivity contribution >= 4 is 23.4 Å². The molecule has 6 nitrogen and oxygen atoms in total. The van der Waals surface area contributed by atoms with E-state index < -0.39 is 35.3 Å². The Balaban J connectivity index is 1.58. The van der Waals surface area contributed by atoms with Crippen LogP contribution in [0.4, 0.5) is 23.2 Å². The maximum Gasteiger partial charge on any atom is 0.416 e. The minimum atomic E-state index is -4.47. The van der Waals surface area contributed by atoms with Gasteiger partial charge in [-0.1, -0.05) is 0 Å². The van der Waals surface area contributed by atoms with Gasteiger partial charge >= 0.3 is 6.18 Å². The van der Waals surface area contributed by atoms with Crippen molar-refractivity contribution in [3.05, 3.63) is 65.0 Å². The van der Waals surface area contributed by atoms with E-state index in [2.05, 4.69) is 10.6 Å². The van der Waals surface area contributed by atoms with Gasteiger partial charge in [0.05, 0.1) is 11.1 Å². The third-order valence-electron chi connectivity index (χ3n) is 5.32. The van der Waals surface area contributed by atoms with Crippen molar-refractivity contribution in [3.8, 4) is 0 Å². The van der Waals surface area contributed by atoms with Crippen molar-refractivity contribution in [2.75, 3.05) is 25.5 Å². The number of halogens is 4. The molecule has 2 N–H and O–H groups in total. The fourth-order valence-corrected chi connectivity index (χ4v) is 3.49. The van der Waals surface area contributed by atoms with Gasteiger partial charge in [-0.2, -0.15) is 13.2 Å². The van der Waals surface area contributed by atoms with Crippen LogP contribution in [0.25, 0.3) is 0 Å². The summed E-state index contributed by atoms with van der Waals surface area (Å²) in [5.41, 5.74) is -0.598. The SMILES string of the molecule is CNC(=O)c1cc(NC(=O)C2CCN(C(=O)c3ccc(C(F)(F)F)cc3)CC2)ccc1F. The van der Waals surface area contributed by atoms with E-state index in [0.717, 1.165) is 30.3 Å². The Kier molecular flexibility index (Phi) is 6.81. The molecule has 0 spiro atoms. The van der Waals surface area contributed by atoms with Gasteiger partial charge in [-0.3, -0.25) is 14.4 Å². The Morgan fingerprint density at radius 1 is 1.00 bits per heavy atom. The molecule has 0 aliphatic carbocycles. The van der Waals surface area contributed by atoms with E-state index >= 15 is 0 Å². The zero-order chi connectivity index (χ0) is 23.5. The first-order valence-electron chi connectivity index (χ1n) is 9.89. The molecule has 0 radical (unpaired) electrons. The molecule has 0 bridgehead atoms. The van der Waals surface area contributed by atoms with Gasteiger partial charge in [0.1, 0.15) is 5.82 Å². The topological polar surface area (TPSA) is 78.5 Å². The Labute approximate surface area is 181 Å². The first-order valence-corrected chi connectivity index (χ1v) is 9.89. The highest BCUT2D eigenvalue weighted by atomic mass is 19.4. The number of amides is 3. The van der Waals surface area contributed by atoms with E-state index in [1.54, 1.807) is 0 Å². The van der Waals surface area contributed by atoms with Crippen molar-refractivity contribution in [3.63, 3.8) is 0 Å². The van der Waals surface area contributed by atoms with Crippen LogP contribution in [0.1, 0.15) is 39.1 Å². The van der Waals surface area contributed by atoms with Crippen LogP contribution in [0.15, 0.2) is 42.5 Å². The standard InChI is InChI=1S/C22H21F4N3O3/c1-27-20(31)17-12-16(6-7-18(17)23)28-19(30)13-8-10-29(11-9-13)21(32)14-2-4-15(5-3-14)22(24,25)26/h2-7,12-13H,8-11H2,1H3,(H,27,31)(H,28,30). The van der Waals surface area contributed by atoms with E-state index in [0.29, 0.717) is 12.8 Å². The third-order valence-corrected chi connectivity index (χ3v) is 5.32. The molecule has 1 aliphatic heterocycles. The summed E-state index contributed by atoms with van der Waals surface area (Å²) in [5, 5.41) is 4.98. The molecule has 2 aromatic carbocycles. The van der Waals surface area contributed by atoms with Gasteiger partial charge in [-0.15, -0.1) is 0 Å². The molecule has 1 aliphatic rings. The maximum absolute atomic E-state index is 13.8. The molecule has 0 saturated carbocycles. The van der Waals surface area contributed by atoms with Crippen molar-refractivity contribution in [2.24, 2.45) is 5.92 Å². The van der Waals surface area contributed by atoms with E-state index in [9.17, 15) is 31.9 Å². The predicted octanol–water partition coefficient (Wildman–Crippen LogP) is 3.70. The molecule has 170 valence electrons. The van der Waals surface area contributed by atoms with Gasteiger partial charge in [0, 0.05) is 37.3 Å². The molecule has 0 atom stereocenters. The second kappa shape index (κ2) is 9.37. The number of carbonyl (C=O) groups is 3. The first kappa shape index (κ1) is 23.2. The molecule has 0 unspecified atom stereocenters. The van der Waals surface area contributed by atoms with Gasteiger partial charge in [0.2, 0.25) is 5.91 Å². The zero-order valence-electron chi connectivity index (χ0n) is 17.1. The van der Waals surface area contributed by atoms with E-state index in [1.165, 1.54) is 24.1 Å². The summed E-state index contributed by atoms with van der Waals surface area (Å²) in [5.74, 6) is -2.45. The number of anilines is 1. The number of nitrogens with zero attached hydrogens (tertiary/aromatic N) is 1. The molecule has 1 saturated heterocycles. The van der Waals surface area contributed by atoms with E-state index in [4.69, 9.17) is 0 Å². The van der Waals surface area contributed by atoms with Gasteiger partial charge in [0.15, 0.2) is 0 Å². The normalized spacial score (nSPS) is 14.7. The smallest absolute Gasteiger partial charge is 0.355 e. The van der Waals surface area contributed by atoms with Gasteiger partial charge < -0.3 is 15.5 Å². The number of benzene rings is 2. The summed E-state index contributed by atoms with van der Waals surface area (Å²) in [6.45, 7) is 0.537. The molecule has 2 aromatic rings. The van der Waals surface area contributed by atoms with E-state index in [1.807, 2.05) is 0 Å². The molecule has 1 fully saturated rings. The summed E-state index contributed by atoms with van der Waals surface area (Å²) >= 11 is 0. The average molecular weight is 451 g/mol. The largest absolute Gasteiger partial charge is 0.416 e. The monoisotopic (exact) mass is 451 g/mol. The second-order valence-electron chi connectivity index (χ2n) is 7.40. The van der Waals surface area contributed by atoms with Gasteiger partial charge in [-0.05, 0) is 55.3 Å². The van der Waals surface area contributed by atoms with Crippen LogP contribution in [-0.2, 0) is 11.0 Å². The van der Waals surface area contributed by atoms with Crippen LogP contribution < -0.4 is 10.6 Å². The summed E-state index contributed by atoms with van der Waals surface area (Å²) < 4.78 is 51.8. The molecular weight excluding hydrogens is 430 g/mol. The lowest BCUT2D eigenvalue weighted by Crippen LogP contribution is -2.41. The minimum absolute atomic E-state index is 0.147. The summed E-state index contributed by atoms with van der Waals surface area (Å²) in [7, 11) is 1.37. The van der Waals surface area contributed by atoms with Crippen LogP contribution in [0.5, 0.6) is 0 Å². The lowest BCUT2D eigenvalue weighted by atomic mass is 9.95. The van der Waals surface area contributed by atoms with Crippen molar-refractivity contribution in [1.29, 1.82) is 0 Å². The van der Waals surface area contributed by atoms with Crippen LogP contribution in [0, 0.1) is 11.7 Å². The van der Waals surface area contributed by atoms with Crippen LogP contribution in [-0.4, -0.2) is 42.8 Å². The number of carbonyl (C=O) groups excluding carboxylic acids is 3. The number of alkyl halides is 3. The molecule has 3 rings (SSSR count). The highest BCUT2D eigenvalue weighted by Gasteiger charge is 2.31. The Morgan fingerprint density at radius 3 is 2.19 bits per heavy atom. The minimum Gasteiger partial charge on any atom is -0.355 e. The van der Waals surface area contributed by atoms with Crippen molar-refractivity contribution in [1.82, 2.24) is 10.2 Å². The summed E-state index contributed by atoms with van der Waals surface area (Å²) in [6, 6.07) is 7.70. The molecule has 10 heteroatoms. The highest BCUT2D eigenvalue weighted by Crippen LogP contribution is 2.29. The zero-order valence-corrected chi connectivity index (χ0v) is 17.1.